The Balaban J connectivity index is 2.27. The minimum atomic E-state index is -0.318. The number of nitrogens with two attached hydrogens (primary N) is 1. The second-order valence-corrected chi connectivity index (χ2v) is 7.39. The highest BCUT2D eigenvalue weighted by Crippen LogP contribution is 2.35. The molecule has 0 bridgehead atoms. The zero-order valence-electron chi connectivity index (χ0n) is 14.7. The third-order valence-corrected chi connectivity index (χ3v) is 4.18. The first-order valence-corrected chi connectivity index (χ1v) is 8.75. The molecule has 0 aliphatic heterocycles. The summed E-state index contributed by atoms with van der Waals surface area (Å²) in [4.78, 5) is 15.4. The van der Waals surface area contributed by atoms with Crippen molar-refractivity contribution in [2.75, 3.05) is 12.0 Å². The highest BCUT2D eigenvalue weighted by atomic mass is 32.1. The van der Waals surface area contributed by atoms with Crippen LogP contribution in [0.3, 0.4) is 0 Å². The van der Waals surface area contributed by atoms with Crippen LogP contribution in [0.25, 0.3) is 10.9 Å². The molecule has 0 radical (unpaired) electrons. The Kier molecular flexibility index (Phi) is 4.59. The molecule has 2 aromatic heterocycles. The molecule has 2 heterocycles. The monoisotopic (exact) mass is 355 g/mol. The molecule has 1 aromatic carbocycles. The number of ether oxygens (including phenoxy) is 1. The number of benzene rings is 1. The van der Waals surface area contributed by atoms with E-state index in [-0.39, 0.29) is 5.54 Å². The van der Waals surface area contributed by atoms with Gasteiger partial charge in [0, 0.05) is 29.2 Å². The third-order valence-electron chi connectivity index (χ3n) is 3.42. The standard InChI is InChI=1S/C18H21N5OS/c1-18(2,3)22-16(19)23(17-21-8-9-25-17)14-11-13(24-4)10-12-6-5-7-20-15(12)14/h5-11H,1-4H3,(H2,19,22). The Morgan fingerprint density at radius 2 is 2.04 bits per heavy atom. The number of hydrogen-bond acceptors (Lipinski definition) is 5. The van der Waals surface area contributed by atoms with Crippen molar-refractivity contribution in [3.8, 4) is 5.75 Å². The molecule has 0 amide bonds. The lowest BCUT2D eigenvalue weighted by Crippen LogP contribution is -2.36. The van der Waals surface area contributed by atoms with Gasteiger partial charge in [0.15, 0.2) is 5.13 Å². The van der Waals surface area contributed by atoms with Gasteiger partial charge >= 0.3 is 0 Å². The van der Waals surface area contributed by atoms with Crippen LogP contribution < -0.4 is 15.4 Å². The first-order chi connectivity index (χ1) is 11.9. The van der Waals surface area contributed by atoms with E-state index >= 15 is 0 Å². The van der Waals surface area contributed by atoms with Gasteiger partial charge in [-0.15, -0.1) is 11.3 Å². The van der Waals surface area contributed by atoms with E-state index < -0.39 is 0 Å². The number of thiazole rings is 1. The van der Waals surface area contributed by atoms with Crippen molar-refractivity contribution >= 4 is 39.0 Å². The van der Waals surface area contributed by atoms with E-state index in [1.54, 1.807) is 19.5 Å². The molecular formula is C18H21N5OS. The van der Waals surface area contributed by atoms with Crippen molar-refractivity contribution in [1.29, 1.82) is 0 Å². The van der Waals surface area contributed by atoms with Crippen molar-refractivity contribution < 1.29 is 4.74 Å². The zero-order valence-corrected chi connectivity index (χ0v) is 15.5. The lowest BCUT2D eigenvalue weighted by molar-refractivity contribution is 0.415. The van der Waals surface area contributed by atoms with Gasteiger partial charge in [-0.05, 0) is 32.9 Å². The Morgan fingerprint density at radius 3 is 2.68 bits per heavy atom. The van der Waals surface area contributed by atoms with E-state index in [0.29, 0.717) is 5.96 Å². The number of guanidine groups is 1. The van der Waals surface area contributed by atoms with Crippen LogP contribution in [0, 0.1) is 0 Å². The Bertz CT molecular complexity index is 899. The number of fused-ring (bicyclic) bond motifs is 1. The van der Waals surface area contributed by atoms with Crippen LogP contribution in [0.4, 0.5) is 10.8 Å². The summed E-state index contributed by atoms with van der Waals surface area (Å²) in [6.07, 6.45) is 3.50. The van der Waals surface area contributed by atoms with Gasteiger partial charge in [-0.25, -0.2) is 9.98 Å². The summed E-state index contributed by atoms with van der Waals surface area (Å²) in [5, 5.41) is 3.59. The molecule has 25 heavy (non-hydrogen) atoms. The normalized spacial score (nSPS) is 12.4. The summed E-state index contributed by atoms with van der Waals surface area (Å²) < 4.78 is 5.46. The van der Waals surface area contributed by atoms with Crippen LogP contribution in [0.1, 0.15) is 20.8 Å². The van der Waals surface area contributed by atoms with E-state index in [1.165, 1.54) is 11.3 Å². The maximum atomic E-state index is 6.38. The van der Waals surface area contributed by atoms with Crippen molar-refractivity contribution in [3.05, 3.63) is 42.0 Å². The number of aliphatic imine (C=N–C) groups is 1. The molecule has 0 atom stereocenters. The summed E-state index contributed by atoms with van der Waals surface area (Å²) in [6.45, 7) is 6.01. The van der Waals surface area contributed by atoms with Gasteiger partial charge in [0.1, 0.15) is 5.75 Å². The lowest BCUT2D eigenvalue weighted by Gasteiger charge is -2.25. The molecule has 130 valence electrons. The molecule has 0 saturated heterocycles. The van der Waals surface area contributed by atoms with E-state index in [0.717, 1.165) is 27.5 Å². The Labute approximate surface area is 151 Å². The summed E-state index contributed by atoms with van der Waals surface area (Å²) in [5.74, 6) is 1.09. The maximum Gasteiger partial charge on any atom is 0.203 e. The topological polar surface area (TPSA) is 76.6 Å². The van der Waals surface area contributed by atoms with E-state index in [2.05, 4.69) is 15.0 Å². The van der Waals surface area contributed by atoms with Gasteiger partial charge < -0.3 is 10.5 Å². The molecule has 0 aliphatic carbocycles. The number of methoxy groups -OCH3 is 1. The summed E-state index contributed by atoms with van der Waals surface area (Å²) in [5.41, 5.74) is 7.66. The molecule has 0 saturated carbocycles. The quantitative estimate of drug-likeness (QED) is 0.568. The van der Waals surface area contributed by atoms with E-state index in [4.69, 9.17) is 10.5 Å². The van der Waals surface area contributed by atoms with Crippen LogP contribution in [-0.2, 0) is 0 Å². The number of nitrogens with zero attached hydrogens (tertiary/aromatic N) is 4. The molecule has 0 spiro atoms. The fourth-order valence-electron chi connectivity index (χ4n) is 2.48. The number of anilines is 2. The second-order valence-electron chi connectivity index (χ2n) is 6.51. The molecule has 0 unspecified atom stereocenters. The first kappa shape index (κ1) is 17.2. The average Bonchev–Trinajstić information content (AvgIpc) is 3.07. The van der Waals surface area contributed by atoms with Crippen LogP contribution in [0.5, 0.6) is 5.75 Å². The number of hydrogen-bond donors (Lipinski definition) is 1. The fraction of sp³-hybridized carbons (Fsp3) is 0.278. The number of pyridine rings is 1. The van der Waals surface area contributed by atoms with Gasteiger partial charge in [-0.3, -0.25) is 9.88 Å². The number of rotatable bonds is 3. The second kappa shape index (κ2) is 6.68. The molecule has 6 nitrogen and oxygen atoms in total. The Morgan fingerprint density at radius 1 is 1.24 bits per heavy atom. The van der Waals surface area contributed by atoms with Crippen molar-refractivity contribution in [2.24, 2.45) is 10.7 Å². The molecule has 3 rings (SSSR count). The summed E-state index contributed by atoms with van der Waals surface area (Å²) in [7, 11) is 1.64. The van der Waals surface area contributed by atoms with Gasteiger partial charge in [0.2, 0.25) is 5.96 Å². The molecule has 7 heteroatoms. The van der Waals surface area contributed by atoms with Crippen molar-refractivity contribution in [3.63, 3.8) is 0 Å². The molecule has 0 aliphatic rings. The fourth-order valence-corrected chi connectivity index (χ4v) is 3.14. The average molecular weight is 355 g/mol. The lowest BCUT2D eigenvalue weighted by atomic mass is 10.1. The van der Waals surface area contributed by atoms with Gasteiger partial charge in [0.05, 0.1) is 23.9 Å². The molecule has 0 fully saturated rings. The molecule has 2 N–H and O–H groups in total. The highest BCUT2D eigenvalue weighted by molar-refractivity contribution is 7.13. The molecule has 3 aromatic rings. The van der Waals surface area contributed by atoms with Gasteiger partial charge in [-0.1, -0.05) is 6.07 Å². The predicted octanol–water partition coefficient (Wildman–Crippen LogP) is 3.95. The van der Waals surface area contributed by atoms with Crippen LogP contribution >= 0.6 is 11.3 Å². The molecular weight excluding hydrogens is 334 g/mol. The minimum absolute atomic E-state index is 0.318. The van der Waals surface area contributed by atoms with E-state index in [9.17, 15) is 0 Å². The SMILES string of the molecule is COc1cc(N(C(N)=NC(C)(C)C)c2nccs2)c2ncccc2c1. The summed E-state index contributed by atoms with van der Waals surface area (Å²) in [6, 6.07) is 7.74. The number of aromatic nitrogens is 2. The minimum Gasteiger partial charge on any atom is -0.497 e. The first-order valence-electron chi connectivity index (χ1n) is 7.87. The third kappa shape index (κ3) is 3.71. The smallest absolute Gasteiger partial charge is 0.203 e. The highest BCUT2D eigenvalue weighted by Gasteiger charge is 2.22. The summed E-state index contributed by atoms with van der Waals surface area (Å²) >= 11 is 1.49. The zero-order chi connectivity index (χ0) is 18.0. The van der Waals surface area contributed by atoms with Crippen LogP contribution in [0.2, 0.25) is 0 Å². The van der Waals surface area contributed by atoms with Gasteiger partial charge in [-0.2, -0.15) is 0 Å². The van der Waals surface area contributed by atoms with E-state index in [1.807, 2.05) is 55.3 Å². The van der Waals surface area contributed by atoms with Crippen molar-refractivity contribution in [2.45, 2.75) is 26.3 Å². The largest absolute Gasteiger partial charge is 0.497 e. The van der Waals surface area contributed by atoms with Crippen LogP contribution in [0.15, 0.2) is 47.0 Å². The van der Waals surface area contributed by atoms with Gasteiger partial charge in [0.25, 0.3) is 0 Å². The predicted molar refractivity (Wildman–Crippen MR) is 104 cm³/mol. The maximum absolute atomic E-state index is 6.38. The van der Waals surface area contributed by atoms with Crippen molar-refractivity contribution in [1.82, 2.24) is 9.97 Å². The Hall–Kier alpha value is -2.67. The van der Waals surface area contributed by atoms with Crippen LogP contribution in [-0.4, -0.2) is 28.6 Å².